The Morgan fingerprint density at radius 3 is 2.39 bits per heavy atom. The molecule has 0 unspecified atom stereocenters. The van der Waals surface area contributed by atoms with Crippen molar-refractivity contribution < 1.29 is 4.79 Å². The Balaban J connectivity index is 1.42. The normalized spacial score (nSPS) is 18.8. The van der Waals surface area contributed by atoms with E-state index >= 15 is 0 Å². The standard InChI is InChI=1S/C24H25N3O/c1-24(14-5-17-27(24)22-12-15-25-16-13-22)23(28)26-18-19-8-10-21(11-9-19)20-6-3-2-4-7-20/h2-4,6-13,15-16H,5,14,17-18H2,1H3,(H,26,28)/t24-/m0/s1. The zero-order valence-electron chi connectivity index (χ0n) is 16.1. The molecule has 3 aromatic rings. The van der Waals surface area contributed by atoms with Gasteiger partial charge in [0.1, 0.15) is 5.54 Å². The molecule has 1 atom stereocenters. The number of carbonyl (C=O) groups excluding carboxylic acids is 1. The number of aromatic nitrogens is 1. The van der Waals surface area contributed by atoms with Gasteiger partial charge < -0.3 is 10.2 Å². The second-order valence-electron chi connectivity index (χ2n) is 7.48. The van der Waals surface area contributed by atoms with E-state index in [2.05, 4.69) is 51.6 Å². The van der Waals surface area contributed by atoms with Crippen LogP contribution in [0.1, 0.15) is 25.3 Å². The van der Waals surface area contributed by atoms with E-state index in [0.717, 1.165) is 30.6 Å². The Bertz CT molecular complexity index is 925. The molecule has 1 aliphatic rings. The molecule has 4 nitrogen and oxygen atoms in total. The Labute approximate surface area is 166 Å². The number of carbonyl (C=O) groups is 1. The van der Waals surface area contributed by atoms with Gasteiger partial charge in [-0.15, -0.1) is 0 Å². The molecule has 0 spiro atoms. The largest absolute Gasteiger partial charge is 0.357 e. The number of amides is 1. The van der Waals surface area contributed by atoms with Crippen molar-refractivity contribution in [2.45, 2.75) is 31.8 Å². The predicted molar refractivity (Wildman–Crippen MR) is 113 cm³/mol. The van der Waals surface area contributed by atoms with Crippen molar-refractivity contribution in [3.8, 4) is 11.1 Å². The minimum absolute atomic E-state index is 0.0777. The van der Waals surface area contributed by atoms with Crippen LogP contribution in [0.4, 0.5) is 5.69 Å². The Kier molecular flexibility index (Phi) is 5.11. The minimum Gasteiger partial charge on any atom is -0.357 e. The first-order chi connectivity index (χ1) is 13.7. The topological polar surface area (TPSA) is 45.2 Å². The van der Waals surface area contributed by atoms with Gasteiger partial charge in [-0.3, -0.25) is 9.78 Å². The van der Waals surface area contributed by atoms with Crippen molar-refractivity contribution in [2.75, 3.05) is 11.4 Å². The molecule has 0 saturated carbocycles. The number of hydrogen-bond acceptors (Lipinski definition) is 3. The predicted octanol–water partition coefficient (Wildman–Crippen LogP) is 4.42. The van der Waals surface area contributed by atoms with Gasteiger partial charge in [0.25, 0.3) is 0 Å². The number of anilines is 1. The van der Waals surface area contributed by atoms with Crippen molar-refractivity contribution >= 4 is 11.6 Å². The maximum Gasteiger partial charge on any atom is 0.245 e. The van der Waals surface area contributed by atoms with E-state index in [1.54, 1.807) is 12.4 Å². The van der Waals surface area contributed by atoms with Gasteiger partial charge in [0.2, 0.25) is 5.91 Å². The van der Waals surface area contributed by atoms with Crippen molar-refractivity contribution in [3.05, 3.63) is 84.7 Å². The third-order valence-electron chi connectivity index (χ3n) is 5.62. The molecule has 2 aromatic carbocycles. The highest BCUT2D eigenvalue weighted by molar-refractivity contribution is 5.90. The second-order valence-corrected chi connectivity index (χ2v) is 7.48. The number of hydrogen-bond donors (Lipinski definition) is 1. The summed E-state index contributed by atoms with van der Waals surface area (Å²) in [7, 11) is 0. The molecule has 0 radical (unpaired) electrons. The maximum absolute atomic E-state index is 13.0. The number of rotatable bonds is 5. The summed E-state index contributed by atoms with van der Waals surface area (Å²) in [6.07, 6.45) is 5.42. The van der Waals surface area contributed by atoms with E-state index in [4.69, 9.17) is 0 Å². The lowest BCUT2D eigenvalue weighted by Gasteiger charge is -2.35. The maximum atomic E-state index is 13.0. The molecular weight excluding hydrogens is 346 g/mol. The molecule has 28 heavy (non-hydrogen) atoms. The van der Waals surface area contributed by atoms with Crippen LogP contribution in [0.2, 0.25) is 0 Å². The average Bonchev–Trinajstić information content (AvgIpc) is 3.16. The molecule has 0 aliphatic carbocycles. The summed E-state index contributed by atoms with van der Waals surface area (Å²) in [5.74, 6) is 0.0777. The third kappa shape index (κ3) is 3.63. The van der Waals surface area contributed by atoms with Crippen molar-refractivity contribution in [1.82, 2.24) is 10.3 Å². The van der Waals surface area contributed by atoms with E-state index in [1.807, 2.05) is 37.3 Å². The van der Waals surface area contributed by atoms with Gasteiger partial charge in [0.15, 0.2) is 0 Å². The highest BCUT2D eigenvalue weighted by Crippen LogP contribution is 2.34. The highest BCUT2D eigenvalue weighted by Gasteiger charge is 2.43. The van der Waals surface area contributed by atoms with Gasteiger partial charge in [0, 0.05) is 31.2 Å². The van der Waals surface area contributed by atoms with Crippen molar-refractivity contribution in [1.29, 1.82) is 0 Å². The van der Waals surface area contributed by atoms with Gasteiger partial charge in [-0.25, -0.2) is 0 Å². The lowest BCUT2D eigenvalue weighted by atomic mass is 9.97. The lowest BCUT2D eigenvalue weighted by molar-refractivity contribution is -0.125. The Morgan fingerprint density at radius 2 is 1.68 bits per heavy atom. The zero-order valence-corrected chi connectivity index (χ0v) is 16.1. The molecule has 4 heteroatoms. The fraction of sp³-hybridized carbons (Fsp3) is 0.250. The van der Waals surface area contributed by atoms with Gasteiger partial charge in [-0.1, -0.05) is 54.6 Å². The fourth-order valence-electron chi connectivity index (χ4n) is 3.96. The molecule has 4 rings (SSSR count). The second kappa shape index (κ2) is 7.85. The number of nitrogens with one attached hydrogen (secondary N) is 1. The van der Waals surface area contributed by atoms with Crippen LogP contribution in [0, 0.1) is 0 Å². The summed E-state index contributed by atoms with van der Waals surface area (Å²) in [6, 6.07) is 22.6. The number of benzene rings is 2. The number of pyridine rings is 1. The first-order valence-electron chi connectivity index (χ1n) is 9.77. The molecule has 1 saturated heterocycles. The molecule has 1 aromatic heterocycles. The van der Waals surface area contributed by atoms with Crippen LogP contribution in [-0.4, -0.2) is 23.0 Å². The molecular formula is C24H25N3O. The Morgan fingerprint density at radius 1 is 1.00 bits per heavy atom. The molecule has 1 aliphatic heterocycles. The van der Waals surface area contributed by atoms with Crippen LogP contribution >= 0.6 is 0 Å². The molecule has 1 N–H and O–H groups in total. The smallest absolute Gasteiger partial charge is 0.245 e. The van der Waals surface area contributed by atoms with Crippen LogP contribution < -0.4 is 10.2 Å². The zero-order chi connectivity index (χ0) is 19.4. The summed E-state index contributed by atoms with van der Waals surface area (Å²) in [5, 5.41) is 3.14. The monoisotopic (exact) mass is 371 g/mol. The van der Waals surface area contributed by atoms with Gasteiger partial charge in [0.05, 0.1) is 0 Å². The molecule has 1 amide bonds. The third-order valence-corrected chi connectivity index (χ3v) is 5.62. The van der Waals surface area contributed by atoms with E-state index in [-0.39, 0.29) is 5.91 Å². The summed E-state index contributed by atoms with van der Waals surface area (Å²) in [5.41, 5.74) is 4.01. The summed E-state index contributed by atoms with van der Waals surface area (Å²) in [6.45, 7) is 3.46. The summed E-state index contributed by atoms with van der Waals surface area (Å²) in [4.78, 5) is 19.3. The van der Waals surface area contributed by atoms with Crippen LogP contribution in [0.15, 0.2) is 79.1 Å². The van der Waals surface area contributed by atoms with E-state index < -0.39 is 5.54 Å². The molecule has 0 bridgehead atoms. The van der Waals surface area contributed by atoms with Gasteiger partial charge in [-0.2, -0.15) is 0 Å². The van der Waals surface area contributed by atoms with E-state index in [0.29, 0.717) is 6.54 Å². The number of nitrogens with zero attached hydrogens (tertiary/aromatic N) is 2. The fourth-order valence-corrected chi connectivity index (χ4v) is 3.96. The van der Waals surface area contributed by atoms with Crippen molar-refractivity contribution in [3.63, 3.8) is 0 Å². The summed E-state index contributed by atoms with van der Waals surface area (Å²) >= 11 is 0. The first-order valence-corrected chi connectivity index (χ1v) is 9.77. The van der Waals surface area contributed by atoms with E-state index in [1.165, 1.54) is 11.1 Å². The molecule has 2 heterocycles. The summed E-state index contributed by atoms with van der Waals surface area (Å²) < 4.78 is 0. The highest BCUT2D eigenvalue weighted by atomic mass is 16.2. The molecule has 142 valence electrons. The first kappa shape index (κ1) is 18.2. The average molecular weight is 371 g/mol. The van der Waals surface area contributed by atoms with Crippen LogP contribution in [-0.2, 0) is 11.3 Å². The Hall–Kier alpha value is -3.14. The minimum atomic E-state index is -0.522. The van der Waals surface area contributed by atoms with Gasteiger partial charge in [-0.05, 0) is 48.6 Å². The van der Waals surface area contributed by atoms with Crippen LogP contribution in [0.3, 0.4) is 0 Å². The molecule has 1 fully saturated rings. The quantitative estimate of drug-likeness (QED) is 0.722. The van der Waals surface area contributed by atoms with Crippen LogP contribution in [0.5, 0.6) is 0 Å². The van der Waals surface area contributed by atoms with E-state index in [9.17, 15) is 4.79 Å². The van der Waals surface area contributed by atoms with Gasteiger partial charge >= 0.3 is 0 Å². The van der Waals surface area contributed by atoms with Crippen molar-refractivity contribution in [2.24, 2.45) is 0 Å². The SMILES string of the molecule is C[C@@]1(C(=O)NCc2ccc(-c3ccccc3)cc2)CCCN1c1ccncc1. The van der Waals surface area contributed by atoms with Crippen LogP contribution in [0.25, 0.3) is 11.1 Å². The lowest BCUT2D eigenvalue weighted by Crippen LogP contribution is -2.53.